The van der Waals surface area contributed by atoms with Crippen molar-refractivity contribution in [2.45, 2.75) is 0 Å². The van der Waals surface area contributed by atoms with Gasteiger partial charge in [0.1, 0.15) is 5.69 Å². The number of hydrazine groups is 1. The number of carbonyl (C=O) groups is 2. The van der Waals surface area contributed by atoms with Crippen molar-refractivity contribution >= 4 is 45.9 Å². The van der Waals surface area contributed by atoms with Crippen molar-refractivity contribution in [1.82, 2.24) is 15.8 Å². The Morgan fingerprint density at radius 1 is 0.862 bits per heavy atom. The Hall–Kier alpha value is -3.35. The summed E-state index contributed by atoms with van der Waals surface area (Å²) in [7, 11) is 0. The van der Waals surface area contributed by atoms with Crippen LogP contribution in [0.4, 0.5) is 0 Å². The normalized spacial score (nSPS) is 10.7. The van der Waals surface area contributed by atoms with Gasteiger partial charge < -0.3 is 4.42 Å². The molecule has 4 aromatic rings. The third-order valence-corrected chi connectivity index (χ3v) is 5.04. The molecule has 8 heteroatoms. The maximum absolute atomic E-state index is 12.8. The molecule has 0 aliphatic carbocycles. The van der Waals surface area contributed by atoms with Gasteiger partial charge in [-0.3, -0.25) is 20.4 Å². The second-order valence-corrected chi connectivity index (χ2v) is 6.84. The highest BCUT2D eigenvalue weighted by atomic mass is 35.5. The fourth-order valence-electron chi connectivity index (χ4n) is 2.84. The van der Waals surface area contributed by atoms with Crippen LogP contribution in [-0.2, 0) is 0 Å². The fourth-order valence-corrected chi connectivity index (χ4v) is 3.23. The van der Waals surface area contributed by atoms with E-state index < -0.39 is 11.8 Å². The second-order valence-electron chi connectivity index (χ2n) is 6.06. The molecule has 2 N–H and O–H groups in total. The maximum Gasteiger partial charge on any atom is 0.271 e. The van der Waals surface area contributed by atoms with Crippen molar-refractivity contribution in [3.8, 4) is 11.5 Å². The minimum atomic E-state index is -0.588. The SMILES string of the molecule is O=C(NNC(=O)c1cc(-c2ccco2)nc2ccccc12)c1cccc(Cl)c1Cl. The van der Waals surface area contributed by atoms with Crippen LogP contribution in [0.5, 0.6) is 0 Å². The average Bonchev–Trinajstić information content (AvgIpc) is 3.28. The molecule has 2 amide bonds. The number of furan rings is 1. The Bertz CT molecular complexity index is 1220. The zero-order valence-electron chi connectivity index (χ0n) is 14.8. The van der Waals surface area contributed by atoms with Gasteiger partial charge in [-0.1, -0.05) is 47.5 Å². The topological polar surface area (TPSA) is 84.2 Å². The molecule has 2 heterocycles. The van der Waals surface area contributed by atoms with Crippen LogP contribution in [0.3, 0.4) is 0 Å². The quantitative estimate of drug-likeness (QED) is 0.458. The Morgan fingerprint density at radius 3 is 2.38 bits per heavy atom. The molecule has 6 nitrogen and oxygen atoms in total. The van der Waals surface area contributed by atoms with E-state index in [0.29, 0.717) is 27.9 Å². The van der Waals surface area contributed by atoms with Crippen molar-refractivity contribution < 1.29 is 14.0 Å². The number of amides is 2. The third kappa shape index (κ3) is 3.81. The zero-order chi connectivity index (χ0) is 20.4. The van der Waals surface area contributed by atoms with Crippen molar-refractivity contribution in [3.05, 3.63) is 88.1 Å². The molecule has 0 aliphatic heterocycles. The lowest BCUT2D eigenvalue weighted by Crippen LogP contribution is -2.41. The number of para-hydroxylation sites is 1. The molecule has 0 fully saturated rings. The van der Waals surface area contributed by atoms with E-state index in [4.69, 9.17) is 27.6 Å². The number of rotatable bonds is 3. The Morgan fingerprint density at radius 2 is 1.62 bits per heavy atom. The lowest BCUT2D eigenvalue weighted by molar-refractivity contribution is 0.0847. The Kier molecular flexibility index (Phi) is 5.20. The molecule has 29 heavy (non-hydrogen) atoms. The molecular formula is C21H13Cl2N3O3. The number of carbonyl (C=O) groups excluding carboxylic acids is 2. The molecular weight excluding hydrogens is 413 g/mol. The Balaban J connectivity index is 1.63. The predicted molar refractivity (Wildman–Crippen MR) is 111 cm³/mol. The van der Waals surface area contributed by atoms with E-state index in [1.54, 1.807) is 48.5 Å². The molecule has 4 rings (SSSR count). The summed E-state index contributed by atoms with van der Waals surface area (Å²) in [5.74, 6) is -0.571. The van der Waals surface area contributed by atoms with Crippen LogP contribution >= 0.6 is 23.2 Å². The number of hydrogen-bond acceptors (Lipinski definition) is 4. The summed E-state index contributed by atoms with van der Waals surface area (Å²) in [5, 5.41) is 0.986. The van der Waals surface area contributed by atoms with Gasteiger partial charge >= 0.3 is 0 Å². The van der Waals surface area contributed by atoms with E-state index in [1.807, 2.05) is 6.07 Å². The molecule has 144 valence electrons. The van der Waals surface area contributed by atoms with Crippen LogP contribution in [0.15, 0.2) is 71.3 Å². The first kappa shape index (κ1) is 19.0. The van der Waals surface area contributed by atoms with Gasteiger partial charge in [-0.25, -0.2) is 4.98 Å². The zero-order valence-corrected chi connectivity index (χ0v) is 16.3. The predicted octanol–water partition coefficient (Wildman–Crippen LogP) is 4.88. The first-order valence-electron chi connectivity index (χ1n) is 8.53. The molecule has 0 aliphatic rings. The molecule has 0 bridgehead atoms. The minimum Gasteiger partial charge on any atom is -0.463 e. The summed E-state index contributed by atoms with van der Waals surface area (Å²) in [4.78, 5) is 29.7. The minimum absolute atomic E-state index is 0.107. The van der Waals surface area contributed by atoms with Gasteiger partial charge in [0.25, 0.3) is 11.8 Å². The molecule has 2 aromatic carbocycles. The van der Waals surface area contributed by atoms with Crippen molar-refractivity contribution in [2.24, 2.45) is 0 Å². The number of pyridine rings is 1. The molecule has 2 aromatic heterocycles. The van der Waals surface area contributed by atoms with Gasteiger partial charge in [0.2, 0.25) is 0 Å². The van der Waals surface area contributed by atoms with E-state index >= 15 is 0 Å². The molecule has 0 radical (unpaired) electrons. The van der Waals surface area contributed by atoms with Gasteiger partial charge in [0.05, 0.1) is 33.0 Å². The van der Waals surface area contributed by atoms with Crippen molar-refractivity contribution in [2.75, 3.05) is 0 Å². The van der Waals surface area contributed by atoms with Gasteiger partial charge in [0, 0.05) is 5.39 Å². The van der Waals surface area contributed by atoms with Crippen LogP contribution < -0.4 is 10.9 Å². The summed E-state index contributed by atoms with van der Waals surface area (Å²) in [6.45, 7) is 0. The number of nitrogens with one attached hydrogen (secondary N) is 2. The van der Waals surface area contributed by atoms with Crippen LogP contribution in [0.1, 0.15) is 20.7 Å². The summed E-state index contributed by atoms with van der Waals surface area (Å²) in [5.41, 5.74) is 6.37. The number of halogens is 2. The van der Waals surface area contributed by atoms with E-state index in [0.717, 1.165) is 0 Å². The van der Waals surface area contributed by atoms with Crippen LogP contribution in [0.25, 0.3) is 22.4 Å². The van der Waals surface area contributed by atoms with Gasteiger partial charge in [-0.2, -0.15) is 0 Å². The van der Waals surface area contributed by atoms with Gasteiger partial charge in [0.15, 0.2) is 5.76 Å². The standard InChI is InChI=1S/C21H13Cl2N3O3/c22-15-7-3-6-13(19(15)23)20(27)25-26-21(28)14-11-17(18-9-4-10-29-18)24-16-8-2-1-5-12(14)16/h1-11H,(H,25,27)(H,26,28). The smallest absolute Gasteiger partial charge is 0.271 e. The number of fused-ring (bicyclic) bond motifs is 1. The molecule has 0 unspecified atom stereocenters. The van der Waals surface area contributed by atoms with Crippen LogP contribution in [0, 0.1) is 0 Å². The monoisotopic (exact) mass is 425 g/mol. The lowest BCUT2D eigenvalue weighted by Gasteiger charge is -2.11. The lowest BCUT2D eigenvalue weighted by atomic mass is 10.1. The number of benzene rings is 2. The number of hydrogen-bond donors (Lipinski definition) is 2. The fraction of sp³-hybridized carbons (Fsp3) is 0. The average molecular weight is 426 g/mol. The number of nitrogens with zero attached hydrogens (tertiary/aromatic N) is 1. The first-order chi connectivity index (χ1) is 14.0. The Labute approximate surface area is 175 Å². The summed E-state index contributed by atoms with van der Waals surface area (Å²) >= 11 is 12.0. The largest absolute Gasteiger partial charge is 0.463 e. The van der Waals surface area contributed by atoms with Crippen LogP contribution in [0.2, 0.25) is 10.0 Å². The summed E-state index contributed by atoms with van der Waals surface area (Å²) in [6.07, 6.45) is 1.53. The van der Waals surface area contributed by atoms with E-state index in [2.05, 4.69) is 15.8 Å². The summed E-state index contributed by atoms with van der Waals surface area (Å²) < 4.78 is 5.39. The number of aromatic nitrogens is 1. The first-order valence-corrected chi connectivity index (χ1v) is 9.28. The maximum atomic E-state index is 12.8. The molecule has 0 atom stereocenters. The van der Waals surface area contributed by atoms with E-state index in [1.165, 1.54) is 12.3 Å². The van der Waals surface area contributed by atoms with E-state index in [9.17, 15) is 9.59 Å². The van der Waals surface area contributed by atoms with Crippen LogP contribution in [-0.4, -0.2) is 16.8 Å². The second kappa shape index (κ2) is 7.95. The van der Waals surface area contributed by atoms with Crippen molar-refractivity contribution in [1.29, 1.82) is 0 Å². The van der Waals surface area contributed by atoms with Gasteiger partial charge in [-0.15, -0.1) is 0 Å². The highest BCUT2D eigenvalue weighted by molar-refractivity contribution is 6.43. The highest BCUT2D eigenvalue weighted by Gasteiger charge is 2.17. The van der Waals surface area contributed by atoms with E-state index in [-0.39, 0.29) is 15.6 Å². The van der Waals surface area contributed by atoms with Crippen molar-refractivity contribution in [3.63, 3.8) is 0 Å². The molecule has 0 saturated heterocycles. The summed E-state index contributed by atoms with van der Waals surface area (Å²) in [6, 6.07) is 17.0. The van der Waals surface area contributed by atoms with Gasteiger partial charge in [-0.05, 0) is 36.4 Å². The molecule has 0 spiro atoms. The third-order valence-electron chi connectivity index (χ3n) is 4.22. The molecule has 0 saturated carbocycles. The highest BCUT2D eigenvalue weighted by Crippen LogP contribution is 2.26.